The summed E-state index contributed by atoms with van der Waals surface area (Å²) < 4.78 is 19.3. The van der Waals surface area contributed by atoms with Gasteiger partial charge in [0.25, 0.3) is 0 Å². The van der Waals surface area contributed by atoms with Gasteiger partial charge < -0.3 is 9.53 Å². The lowest BCUT2D eigenvalue weighted by Gasteiger charge is -2.38. The Morgan fingerprint density at radius 1 is 1.71 bits per heavy atom. The van der Waals surface area contributed by atoms with Crippen LogP contribution in [0.5, 0.6) is 0 Å². The van der Waals surface area contributed by atoms with Crippen LogP contribution in [-0.2, 0) is 15.1 Å². The summed E-state index contributed by atoms with van der Waals surface area (Å²) in [5.74, 6) is 0. The molecule has 1 aliphatic heterocycles. The SMILES string of the molecule is O=CC1COCC(CF)(c2cccc(Br)n2)N1. The fourth-order valence-corrected chi connectivity index (χ4v) is 2.18. The van der Waals surface area contributed by atoms with Crippen LogP contribution in [0.2, 0.25) is 0 Å². The highest BCUT2D eigenvalue weighted by Gasteiger charge is 2.39. The van der Waals surface area contributed by atoms with Crippen molar-refractivity contribution < 1.29 is 13.9 Å². The second-order valence-electron chi connectivity index (χ2n) is 3.96. The zero-order valence-electron chi connectivity index (χ0n) is 9.03. The smallest absolute Gasteiger partial charge is 0.139 e. The molecule has 2 rings (SSSR count). The summed E-state index contributed by atoms with van der Waals surface area (Å²) in [5.41, 5.74) is -0.505. The van der Waals surface area contributed by atoms with E-state index in [4.69, 9.17) is 4.74 Å². The quantitative estimate of drug-likeness (QED) is 0.673. The van der Waals surface area contributed by atoms with E-state index < -0.39 is 18.3 Å². The summed E-state index contributed by atoms with van der Waals surface area (Å²) in [6, 6.07) is 4.75. The number of rotatable bonds is 3. The van der Waals surface area contributed by atoms with Crippen LogP contribution in [0.25, 0.3) is 0 Å². The normalized spacial score (nSPS) is 28.9. The average molecular weight is 303 g/mol. The molecule has 0 aliphatic carbocycles. The molecule has 1 aliphatic rings. The number of hydrogen-bond donors (Lipinski definition) is 1. The van der Waals surface area contributed by atoms with E-state index in [1.165, 1.54) is 0 Å². The molecule has 17 heavy (non-hydrogen) atoms. The van der Waals surface area contributed by atoms with Gasteiger partial charge in [-0.2, -0.15) is 0 Å². The monoisotopic (exact) mass is 302 g/mol. The van der Waals surface area contributed by atoms with Crippen molar-refractivity contribution in [1.29, 1.82) is 0 Å². The van der Waals surface area contributed by atoms with E-state index >= 15 is 0 Å². The maximum absolute atomic E-state index is 13.3. The predicted molar refractivity (Wildman–Crippen MR) is 63.4 cm³/mol. The largest absolute Gasteiger partial charge is 0.377 e. The number of nitrogens with one attached hydrogen (secondary N) is 1. The summed E-state index contributed by atoms with van der Waals surface area (Å²) in [5, 5.41) is 2.96. The average Bonchev–Trinajstić information content (AvgIpc) is 2.38. The molecule has 1 fully saturated rings. The number of carbonyl (C=O) groups excluding carboxylic acids is 1. The molecule has 2 atom stereocenters. The van der Waals surface area contributed by atoms with Gasteiger partial charge in [-0.15, -0.1) is 0 Å². The Hall–Kier alpha value is -0.850. The molecule has 0 amide bonds. The molecule has 4 nitrogen and oxygen atoms in total. The third kappa shape index (κ3) is 2.53. The minimum absolute atomic E-state index is 0.164. The highest BCUT2D eigenvalue weighted by Crippen LogP contribution is 2.25. The van der Waals surface area contributed by atoms with Crippen LogP contribution in [0, 0.1) is 0 Å². The predicted octanol–water partition coefficient (Wildman–Crippen LogP) is 1.20. The zero-order chi connectivity index (χ0) is 12.3. The van der Waals surface area contributed by atoms with Crippen LogP contribution in [0.3, 0.4) is 0 Å². The van der Waals surface area contributed by atoms with Crippen molar-refractivity contribution >= 4 is 22.2 Å². The van der Waals surface area contributed by atoms with Gasteiger partial charge in [-0.3, -0.25) is 5.32 Å². The van der Waals surface area contributed by atoms with Gasteiger partial charge >= 0.3 is 0 Å². The minimum atomic E-state index is -1.03. The van der Waals surface area contributed by atoms with Gasteiger partial charge in [0.1, 0.15) is 23.1 Å². The molecule has 6 heteroatoms. The highest BCUT2D eigenvalue weighted by atomic mass is 79.9. The van der Waals surface area contributed by atoms with Crippen LogP contribution in [-0.4, -0.2) is 37.2 Å². The van der Waals surface area contributed by atoms with Crippen LogP contribution in [0.4, 0.5) is 4.39 Å². The Labute approximate surface area is 107 Å². The number of aldehydes is 1. The van der Waals surface area contributed by atoms with Gasteiger partial charge in [-0.25, -0.2) is 9.37 Å². The van der Waals surface area contributed by atoms with Crippen molar-refractivity contribution in [3.63, 3.8) is 0 Å². The number of nitrogens with zero attached hydrogens (tertiary/aromatic N) is 1. The number of aromatic nitrogens is 1. The van der Waals surface area contributed by atoms with E-state index in [0.29, 0.717) is 10.3 Å². The van der Waals surface area contributed by atoms with E-state index in [1.54, 1.807) is 18.2 Å². The molecule has 2 heterocycles. The zero-order valence-corrected chi connectivity index (χ0v) is 10.6. The van der Waals surface area contributed by atoms with E-state index in [9.17, 15) is 9.18 Å². The minimum Gasteiger partial charge on any atom is -0.377 e. The second-order valence-corrected chi connectivity index (χ2v) is 4.78. The van der Waals surface area contributed by atoms with Gasteiger partial charge in [-0.1, -0.05) is 6.07 Å². The van der Waals surface area contributed by atoms with Gasteiger partial charge in [-0.05, 0) is 28.1 Å². The number of ether oxygens (including phenoxy) is 1. The molecule has 0 aromatic carbocycles. The third-order valence-corrected chi connectivity index (χ3v) is 3.15. The number of alkyl halides is 1. The molecule has 0 saturated carbocycles. The van der Waals surface area contributed by atoms with Crippen LogP contribution >= 0.6 is 15.9 Å². The number of halogens is 2. The lowest BCUT2D eigenvalue weighted by Crippen LogP contribution is -2.59. The maximum Gasteiger partial charge on any atom is 0.139 e. The molecular formula is C11H12BrFN2O2. The number of carbonyl (C=O) groups is 1. The molecule has 0 radical (unpaired) electrons. The second kappa shape index (κ2) is 5.20. The first-order valence-corrected chi connectivity index (χ1v) is 5.99. The van der Waals surface area contributed by atoms with E-state index in [0.717, 1.165) is 6.29 Å². The molecule has 1 saturated heterocycles. The van der Waals surface area contributed by atoms with Crippen LogP contribution in [0.1, 0.15) is 5.69 Å². The molecular weight excluding hydrogens is 291 g/mol. The summed E-state index contributed by atoms with van der Waals surface area (Å²) in [4.78, 5) is 15.0. The summed E-state index contributed by atoms with van der Waals surface area (Å²) in [7, 11) is 0. The van der Waals surface area contributed by atoms with E-state index in [1.807, 2.05) is 0 Å². The Balaban J connectivity index is 2.33. The van der Waals surface area contributed by atoms with Crippen molar-refractivity contribution in [3.8, 4) is 0 Å². The van der Waals surface area contributed by atoms with Crippen LogP contribution < -0.4 is 5.32 Å². The fourth-order valence-electron chi connectivity index (χ4n) is 1.84. The Bertz CT molecular complexity index is 418. The fraction of sp³-hybridized carbons (Fsp3) is 0.455. The Kier molecular flexibility index (Phi) is 3.86. The highest BCUT2D eigenvalue weighted by molar-refractivity contribution is 9.10. The summed E-state index contributed by atoms with van der Waals surface area (Å²) in [6.07, 6.45) is 0.724. The van der Waals surface area contributed by atoms with E-state index in [2.05, 4.69) is 26.2 Å². The van der Waals surface area contributed by atoms with Crippen molar-refractivity contribution in [1.82, 2.24) is 10.3 Å². The van der Waals surface area contributed by atoms with Gasteiger partial charge in [0.15, 0.2) is 0 Å². The van der Waals surface area contributed by atoms with Crippen LogP contribution in [0.15, 0.2) is 22.8 Å². The van der Waals surface area contributed by atoms with Crippen molar-refractivity contribution in [3.05, 3.63) is 28.5 Å². The Morgan fingerprint density at radius 2 is 2.53 bits per heavy atom. The first-order chi connectivity index (χ1) is 8.20. The number of pyridine rings is 1. The number of hydrogen-bond acceptors (Lipinski definition) is 4. The lowest BCUT2D eigenvalue weighted by molar-refractivity contribution is -0.115. The lowest BCUT2D eigenvalue weighted by atomic mass is 9.94. The van der Waals surface area contributed by atoms with Crippen molar-refractivity contribution in [2.45, 2.75) is 11.6 Å². The van der Waals surface area contributed by atoms with Gasteiger partial charge in [0.2, 0.25) is 0 Å². The van der Waals surface area contributed by atoms with Gasteiger partial charge in [0, 0.05) is 0 Å². The molecule has 0 spiro atoms. The Morgan fingerprint density at radius 3 is 3.18 bits per heavy atom. The van der Waals surface area contributed by atoms with E-state index in [-0.39, 0.29) is 13.2 Å². The maximum atomic E-state index is 13.3. The number of morpholine rings is 1. The van der Waals surface area contributed by atoms with Crippen molar-refractivity contribution in [2.24, 2.45) is 0 Å². The van der Waals surface area contributed by atoms with Crippen molar-refractivity contribution in [2.75, 3.05) is 19.9 Å². The third-order valence-electron chi connectivity index (χ3n) is 2.71. The molecule has 1 aromatic heterocycles. The molecule has 92 valence electrons. The summed E-state index contributed by atoms with van der Waals surface area (Å²) >= 11 is 3.24. The standard InChI is InChI=1S/C11H12BrFN2O2/c12-10-3-1-2-9(14-10)11(6-13)7-17-5-8(4-16)15-11/h1-4,8,15H,5-7H2. The first-order valence-electron chi connectivity index (χ1n) is 5.20. The first kappa shape index (κ1) is 12.6. The topological polar surface area (TPSA) is 51.2 Å². The summed E-state index contributed by atoms with van der Waals surface area (Å²) in [6.45, 7) is -0.253. The molecule has 1 N–H and O–H groups in total. The molecule has 2 unspecified atom stereocenters. The molecule has 1 aromatic rings. The molecule has 0 bridgehead atoms. The van der Waals surface area contributed by atoms with Gasteiger partial charge in [0.05, 0.1) is 24.9 Å².